The van der Waals surface area contributed by atoms with E-state index in [4.69, 9.17) is 22.1 Å². The number of nitrogens with two attached hydrogens (primary N) is 1. The lowest BCUT2D eigenvalue weighted by molar-refractivity contribution is 0.170. The number of pyridine rings is 1. The molecule has 0 saturated heterocycles. The third kappa shape index (κ3) is 3.96. The van der Waals surface area contributed by atoms with Crippen molar-refractivity contribution in [1.29, 1.82) is 0 Å². The molecule has 1 aromatic carbocycles. The fourth-order valence-electron chi connectivity index (χ4n) is 2.20. The Kier molecular flexibility index (Phi) is 5.59. The number of halogens is 1. The molecular weight excluding hydrogens is 284 g/mol. The molecule has 21 heavy (non-hydrogen) atoms. The molecule has 0 amide bonds. The highest BCUT2D eigenvalue weighted by Gasteiger charge is 2.21. The van der Waals surface area contributed by atoms with E-state index >= 15 is 0 Å². The number of aromatic nitrogens is 1. The number of aryl methyl sites for hydroxylation is 1. The zero-order chi connectivity index (χ0) is 15.2. The number of benzene rings is 1. The van der Waals surface area contributed by atoms with Crippen molar-refractivity contribution in [3.63, 3.8) is 0 Å². The fourth-order valence-corrected chi connectivity index (χ4v) is 2.45. The van der Waals surface area contributed by atoms with Gasteiger partial charge in [0.1, 0.15) is 11.9 Å². The fraction of sp³-hybridized carbons (Fsp3) is 0.353. The maximum Gasteiger partial charge on any atom is 0.140 e. The van der Waals surface area contributed by atoms with Crippen molar-refractivity contribution in [1.82, 2.24) is 4.98 Å². The zero-order valence-corrected chi connectivity index (χ0v) is 13.2. The van der Waals surface area contributed by atoms with Gasteiger partial charge in [0.25, 0.3) is 0 Å². The molecule has 1 aromatic heterocycles. The molecule has 0 fully saturated rings. The van der Waals surface area contributed by atoms with Crippen LogP contribution in [0.2, 0.25) is 5.02 Å². The van der Waals surface area contributed by atoms with Gasteiger partial charge >= 0.3 is 0 Å². The summed E-state index contributed by atoms with van der Waals surface area (Å²) in [6, 6.07) is 9.53. The van der Waals surface area contributed by atoms with Crippen LogP contribution in [0, 0.1) is 0 Å². The highest BCUT2D eigenvalue weighted by molar-refractivity contribution is 6.31. The van der Waals surface area contributed by atoms with Crippen LogP contribution >= 0.6 is 11.6 Å². The summed E-state index contributed by atoms with van der Waals surface area (Å²) in [5.41, 5.74) is 8.28. The summed E-state index contributed by atoms with van der Waals surface area (Å²) >= 11 is 6.15. The van der Waals surface area contributed by atoms with Crippen LogP contribution in [0.1, 0.15) is 37.5 Å². The van der Waals surface area contributed by atoms with Gasteiger partial charge in [-0.25, -0.2) is 0 Å². The topological polar surface area (TPSA) is 48.1 Å². The van der Waals surface area contributed by atoms with Crippen molar-refractivity contribution in [2.75, 3.05) is 0 Å². The minimum absolute atomic E-state index is 0.0880. The Morgan fingerprint density at radius 2 is 2.10 bits per heavy atom. The van der Waals surface area contributed by atoms with Crippen molar-refractivity contribution in [3.8, 4) is 5.75 Å². The van der Waals surface area contributed by atoms with Crippen LogP contribution in [-0.4, -0.2) is 11.0 Å². The average molecular weight is 305 g/mol. The first-order chi connectivity index (χ1) is 10.2. The van der Waals surface area contributed by atoms with E-state index in [1.165, 1.54) is 0 Å². The van der Waals surface area contributed by atoms with Crippen LogP contribution in [0.25, 0.3) is 0 Å². The Balaban J connectivity index is 2.27. The minimum atomic E-state index is -0.213. The van der Waals surface area contributed by atoms with Gasteiger partial charge in [-0.2, -0.15) is 0 Å². The van der Waals surface area contributed by atoms with Gasteiger partial charge in [-0.3, -0.25) is 4.98 Å². The molecule has 2 rings (SSSR count). The Morgan fingerprint density at radius 3 is 2.71 bits per heavy atom. The van der Waals surface area contributed by atoms with E-state index in [2.05, 4.69) is 18.8 Å². The number of rotatable bonds is 6. The first-order valence-corrected chi connectivity index (χ1v) is 7.64. The predicted molar refractivity (Wildman–Crippen MR) is 86.7 cm³/mol. The lowest BCUT2D eigenvalue weighted by Crippen LogP contribution is -2.31. The predicted octanol–water partition coefficient (Wildman–Crippen LogP) is 4.15. The van der Waals surface area contributed by atoms with Crippen molar-refractivity contribution < 1.29 is 4.74 Å². The molecule has 0 aliphatic heterocycles. The molecule has 0 bridgehead atoms. The molecule has 112 valence electrons. The second-order valence-electron chi connectivity index (χ2n) is 5.00. The third-order valence-corrected chi connectivity index (χ3v) is 3.90. The lowest BCUT2D eigenvalue weighted by Gasteiger charge is -2.24. The number of nitrogens with zero attached hydrogens (tertiary/aromatic N) is 1. The second-order valence-corrected chi connectivity index (χ2v) is 5.41. The standard InChI is InChI=1S/C17H21ClN2O/c1-3-12-10-14(7-8-15(12)18)21-17(16(19)4-2)13-6-5-9-20-11-13/h5-11,16-17H,3-4,19H2,1-2H3. The summed E-state index contributed by atoms with van der Waals surface area (Å²) in [5.74, 6) is 0.786. The van der Waals surface area contributed by atoms with Crippen molar-refractivity contribution in [3.05, 3.63) is 58.9 Å². The van der Waals surface area contributed by atoms with Crippen LogP contribution < -0.4 is 10.5 Å². The maximum atomic E-state index is 6.22. The van der Waals surface area contributed by atoms with Gasteiger partial charge in [0.05, 0.1) is 0 Å². The lowest BCUT2D eigenvalue weighted by atomic mass is 10.0. The van der Waals surface area contributed by atoms with Gasteiger partial charge in [-0.15, -0.1) is 0 Å². The van der Waals surface area contributed by atoms with Crippen molar-refractivity contribution in [2.24, 2.45) is 5.73 Å². The van der Waals surface area contributed by atoms with Crippen LogP contribution in [0.4, 0.5) is 0 Å². The van der Waals surface area contributed by atoms with E-state index in [1.54, 1.807) is 12.4 Å². The number of hydrogen-bond acceptors (Lipinski definition) is 3. The van der Waals surface area contributed by atoms with Crippen molar-refractivity contribution in [2.45, 2.75) is 38.8 Å². The average Bonchev–Trinajstić information content (AvgIpc) is 2.54. The quantitative estimate of drug-likeness (QED) is 0.872. The first kappa shape index (κ1) is 15.8. The summed E-state index contributed by atoms with van der Waals surface area (Å²) in [7, 11) is 0. The summed E-state index contributed by atoms with van der Waals surface area (Å²) in [6.07, 6.45) is 5.03. The molecule has 2 aromatic rings. The molecule has 2 atom stereocenters. The molecular formula is C17H21ClN2O. The summed E-state index contributed by atoms with van der Waals surface area (Å²) in [4.78, 5) is 4.16. The van der Waals surface area contributed by atoms with E-state index in [-0.39, 0.29) is 12.1 Å². The zero-order valence-electron chi connectivity index (χ0n) is 12.4. The first-order valence-electron chi connectivity index (χ1n) is 7.26. The van der Waals surface area contributed by atoms with Crippen LogP contribution in [0.15, 0.2) is 42.7 Å². The molecule has 0 spiro atoms. The monoisotopic (exact) mass is 304 g/mol. The van der Waals surface area contributed by atoms with E-state index in [1.807, 2.05) is 30.3 Å². The molecule has 4 heteroatoms. The molecule has 3 nitrogen and oxygen atoms in total. The van der Waals surface area contributed by atoms with Gasteiger partial charge in [-0.1, -0.05) is 31.5 Å². The maximum absolute atomic E-state index is 6.22. The van der Waals surface area contributed by atoms with E-state index in [0.717, 1.165) is 34.7 Å². The van der Waals surface area contributed by atoms with E-state index in [9.17, 15) is 0 Å². The Morgan fingerprint density at radius 1 is 1.29 bits per heavy atom. The molecule has 2 unspecified atom stereocenters. The minimum Gasteiger partial charge on any atom is -0.484 e. The molecule has 0 aliphatic rings. The smallest absolute Gasteiger partial charge is 0.140 e. The summed E-state index contributed by atoms with van der Waals surface area (Å²) in [6.45, 7) is 4.12. The van der Waals surface area contributed by atoms with Crippen LogP contribution in [0.3, 0.4) is 0 Å². The third-order valence-electron chi connectivity index (χ3n) is 3.53. The van der Waals surface area contributed by atoms with Crippen LogP contribution in [0.5, 0.6) is 5.75 Å². The number of ether oxygens (including phenoxy) is 1. The highest BCUT2D eigenvalue weighted by Crippen LogP contribution is 2.28. The van der Waals surface area contributed by atoms with Gasteiger partial charge in [0, 0.05) is 29.0 Å². The molecule has 2 N–H and O–H groups in total. The van der Waals surface area contributed by atoms with Crippen LogP contribution in [-0.2, 0) is 6.42 Å². The Hall–Kier alpha value is -1.58. The Bertz CT molecular complexity index is 574. The van der Waals surface area contributed by atoms with Gasteiger partial charge in [0.2, 0.25) is 0 Å². The highest BCUT2D eigenvalue weighted by atomic mass is 35.5. The van der Waals surface area contributed by atoms with Crippen molar-refractivity contribution >= 4 is 11.6 Å². The second kappa shape index (κ2) is 7.43. The normalized spacial score (nSPS) is 13.7. The Labute approximate surface area is 131 Å². The summed E-state index contributed by atoms with van der Waals surface area (Å²) < 4.78 is 6.13. The largest absolute Gasteiger partial charge is 0.484 e. The summed E-state index contributed by atoms with van der Waals surface area (Å²) in [5, 5.41) is 0.766. The molecule has 0 radical (unpaired) electrons. The van der Waals surface area contributed by atoms with Gasteiger partial charge in [-0.05, 0) is 42.7 Å². The van der Waals surface area contributed by atoms with Gasteiger partial charge in [0.15, 0.2) is 0 Å². The molecule has 0 aliphatic carbocycles. The van der Waals surface area contributed by atoms with E-state index < -0.39 is 0 Å². The van der Waals surface area contributed by atoms with E-state index in [0.29, 0.717) is 0 Å². The number of hydrogen-bond donors (Lipinski definition) is 1. The molecule has 0 saturated carbocycles. The van der Waals surface area contributed by atoms with Gasteiger partial charge < -0.3 is 10.5 Å². The molecule has 1 heterocycles. The SMILES string of the molecule is CCc1cc(OC(c2cccnc2)C(N)CC)ccc1Cl.